The Bertz CT molecular complexity index is 502. The van der Waals surface area contributed by atoms with Gasteiger partial charge < -0.3 is 5.11 Å². The Morgan fingerprint density at radius 3 is 2.35 bits per heavy atom. The average Bonchev–Trinajstić information content (AvgIpc) is 2.62. The summed E-state index contributed by atoms with van der Waals surface area (Å²) in [5.41, 5.74) is 2.28. The number of hydrogen-bond donors (Lipinski definition) is 1. The van der Waals surface area contributed by atoms with E-state index < -0.39 is 17.7 Å². The second-order valence-corrected chi connectivity index (χ2v) is 4.75. The van der Waals surface area contributed by atoms with E-state index in [1.807, 2.05) is 17.7 Å². The summed E-state index contributed by atoms with van der Waals surface area (Å²) in [7, 11) is 0. The van der Waals surface area contributed by atoms with Gasteiger partial charge >= 0.3 is 0 Å². The number of halogens is 2. The predicted molar refractivity (Wildman–Crippen MR) is 64.1 cm³/mol. The minimum atomic E-state index is -0.720. The number of aryl methyl sites for hydroxylation is 1. The highest BCUT2D eigenvalue weighted by molar-refractivity contribution is 7.08. The predicted octanol–water partition coefficient (Wildman–Crippen LogP) is 3.61. The van der Waals surface area contributed by atoms with Crippen molar-refractivity contribution in [3.8, 4) is 0 Å². The molecule has 0 spiro atoms. The largest absolute Gasteiger partial charge is 0.388 e. The van der Waals surface area contributed by atoms with Gasteiger partial charge in [0.25, 0.3) is 0 Å². The molecule has 1 N–H and O–H groups in total. The minimum Gasteiger partial charge on any atom is -0.388 e. The summed E-state index contributed by atoms with van der Waals surface area (Å²) in [5, 5.41) is 13.8. The van der Waals surface area contributed by atoms with Crippen LogP contribution in [0.3, 0.4) is 0 Å². The van der Waals surface area contributed by atoms with Gasteiger partial charge in [0.15, 0.2) is 0 Å². The van der Waals surface area contributed by atoms with E-state index in [1.165, 1.54) is 23.5 Å². The number of benzene rings is 1. The van der Waals surface area contributed by atoms with Crippen molar-refractivity contribution in [1.29, 1.82) is 0 Å². The highest BCUT2D eigenvalue weighted by atomic mass is 32.1. The Balaban J connectivity index is 2.18. The van der Waals surface area contributed by atoms with Crippen LogP contribution in [0.5, 0.6) is 0 Å². The van der Waals surface area contributed by atoms with Gasteiger partial charge in [-0.05, 0) is 46.5 Å². The molecule has 1 nitrogen and oxygen atoms in total. The lowest BCUT2D eigenvalue weighted by molar-refractivity contribution is 0.178. The van der Waals surface area contributed by atoms with Crippen LogP contribution in [0.25, 0.3) is 0 Å². The molecule has 0 aliphatic rings. The molecular formula is C13H12F2OS. The maximum absolute atomic E-state index is 13.0. The van der Waals surface area contributed by atoms with Crippen LogP contribution in [-0.4, -0.2) is 5.11 Å². The lowest BCUT2D eigenvalue weighted by Gasteiger charge is -2.10. The number of thiophene rings is 1. The van der Waals surface area contributed by atoms with Crippen LogP contribution in [0.4, 0.5) is 8.78 Å². The average molecular weight is 254 g/mol. The van der Waals surface area contributed by atoms with Crippen LogP contribution in [0.1, 0.15) is 22.8 Å². The molecule has 0 amide bonds. The fourth-order valence-corrected chi connectivity index (χ4v) is 2.67. The van der Waals surface area contributed by atoms with Crippen LogP contribution >= 0.6 is 11.3 Å². The smallest absolute Gasteiger partial charge is 0.126 e. The molecule has 0 bridgehead atoms. The van der Waals surface area contributed by atoms with Gasteiger partial charge in [-0.1, -0.05) is 0 Å². The first-order valence-corrected chi connectivity index (χ1v) is 6.16. The highest BCUT2D eigenvalue weighted by Crippen LogP contribution is 2.25. The second kappa shape index (κ2) is 4.94. The summed E-state index contributed by atoms with van der Waals surface area (Å²) in [6.45, 7) is 1.90. The molecule has 4 heteroatoms. The van der Waals surface area contributed by atoms with Gasteiger partial charge in [0.05, 0.1) is 6.10 Å². The summed E-state index contributed by atoms with van der Waals surface area (Å²) in [5.74, 6) is -1.23. The van der Waals surface area contributed by atoms with Gasteiger partial charge in [-0.25, -0.2) is 8.78 Å². The third-order valence-electron chi connectivity index (χ3n) is 2.61. The van der Waals surface area contributed by atoms with Crippen LogP contribution in [-0.2, 0) is 6.42 Å². The van der Waals surface area contributed by atoms with E-state index in [0.717, 1.165) is 17.2 Å². The standard InChI is InChI=1S/C13H12F2OS/c1-8-6-17-7-12(8)13(16)4-9-2-10(14)5-11(15)3-9/h2-3,5-7,13,16H,4H2,1H3. The molecule has 2 rings (SSSR count). The molecular weight excluding hydrogens is 242 g/mol. The Hall–Kier alpha value is -1.26. The number of aliphatic hydroxyl groups excluding tert-OH is 1. The van der Waals surface area contributed by atoms with Crippen LogP contribution in [0, 0.1) is 18.6 Å². The Morgan fingerprint density at radius 2 is 1.82 bits per heavy atom. The van der Waals surface area contributed by atoms with Gasteiger partial charge in [0.1, 0.15) is 11.6 Å². The van der Waals surface area contributed by atoms with Crippen LogP contribution in [0.15, 0.2) is 29.0 Å². The fraction of sp³-hybridized carbons (Fsp3) is 0.231. The van der Waals surface area contributed by atoms with E-state index in [0.29, 0.717) is 5.56 Å². The van der Waals surface area contributed by atoms with Crippen LogP contribution in [0.2, 0.25) is 0 Å². The van der Waals surface area contributed by atoms with E-state index in [-0.39, 0.29) is 6.42 Å². The van der Waals surface area contributed by atoms with Crippen molar-refractivity contribution in [2.45, 2.75) is 19.4 Å². The molecule has 17 heavy (non-hydrogen) atoms. The molecule has 1 atom stereocenters. The number of rotatable bonds is 3. The van der Waals surface area contributed by atoms with E-state index in [1.54, 1.807) is 0 Å². The number of aliphatic hydroxyl groups is 1. The summed E-state index contributed by atoms with van der Waals surface area (Å²) < 4.78 is 26.0. The molecule has 1 aromatic heterocycles. The van der Waals surface area contributed by atoms with Crippen molar-refractivity contribution in [3.05, 3.63) is 57.3 Å². The van der Waals surface area contributed by atoms with Gasteiger partial charge in [-0.2, -0.15) is 11.3 Å². The topological polar surface area (TPSA) is 20.2 Å². The molecule has 1 aromatic carbocycles. The molecule has 1 unspecified atom stereocenters. The van der Waals surface area contributed by atoms with Crippen molar-refractivity contribution < 1.29 is 13.9 Å². The van der Waals surface area contributed by atoms with Crippen molar-refractivity contribution in [3.63, 3.8) is 0 Å². The van der Waals surface area contributed by atoms with Crippen molar-refractivity contribution in [1.82, 2.24) is 0 Å². The third kappa shape index (κ3) is 2.90. The first-order valence-electron chi connectivity index (χ1n) is 5.22. The van der Waals surface area contributed by atoms with Gasteiger partial charge in [-0.15, -0.1) is 0 Å². The molecule has 0 saturated heterocycles. The Morgan fingerprint density at radius 1 is 1.18 bits per heavy atom. The van der Waals surface area contributed by atoms with Gasteiger partial charge in [-0.3, -0.25) is 0 Å². The molecule has 0 radical (unpaired) electrons. The van der Waals surface area contributed by atoms with E-state index in [2.05, 4.69) is 0 Å². The Labute approximate surface area is 102 Å². The SMILES string of the molecule is Cc1cscc1C(O)Cc1cc(F)cc(F)c1. The highest BCUT2D eigenvalue weighted by Gasteiger charge is 2.13. The van der Waals surface area contributed by atoms with E-state index in [4.69, 9.17) is 0 Å². The monoisotopic (exact) mass is 254 g/mol. The van der Waals surface area contributed by atoms with Crippen molar-refractivity contribution in [2.75, 3.05) is 0 Å². The molecule has 0 aliphatic heterocycles. The fourth-order valence-electron chi connectivity index (χ4n) is 1.77. The maximum atomic E-state index is 13.0. The second-order valence-electron chi connectivity index (χ2n) is 4.01. The molecule has 90 valence electrons. The lowest BCUT2D eigenvalue weighted by atomic mass is 10.0. The third-order valence-corrected chi connectivity index (χ3v) is 3.49. The van der Waals surface area contributed by atoms with E-state index >= 15 is 0 Å². The summed E-state index contributed by atoms with van der Waals surface area (Å²) in [6.07, 6.45) is -0.505. The summed E-state index contributed by atoms with van der Waals surface area (Å²) in [6, 6.07) is 3.31. The summed E-state index contributed by atoms with van der Waals surface area (Å²) >= 11 is 1.50. The van der Waals surface area contributed by atoms with Gasteiger partial charge in [0.2, 0.25) is 0 Å². The van der Waals surface area contributed by atoms with Gasteiger partial charge in [0, 0.05) is 12.5 Å². The molecule has 0 saturated carbocycles. The molecule has 2 aromatic rings. The molecule has 1 heterocycles. The maximum Gasteiger partial charge on any atom is 0.126 e. The van der Waals surface area contributed by atoms with Crippen molar-refractivity contribution in [2.24, 2.45) is 0 Å². The normalized spacial score (nSPS) is 12.7. The first kappa shape index (κ1) is 12.2. The first-order chi connectivity index (χ1) is 8.06. The minimum absolute atomic E-state index is 0.215. The van der Waals surface area contributed by atoms with Crippen LogP contribution < -0.4 is 0 Å². The zero-order valence-corrected chi connectivity index (χ0v) is 10.1. The van der Waals surface area contributed by atoms with E-state index in [9.17, 15) is 13.9 Å². The zero-order chi connectivity index (χ0) is 12.4. The number of hydrogen-bond acceptors (Lipinski definition) is 2. The Kier molecular flexibility index (Phi) is 3.54. The van der Waals surface area contributed by atoms with Crippen molar-refractivity contribution >= 4 is 11.3 Å². The quantitative estimate of drug-likeness (QED) is 0.887. The molecule has 0 fully saturated rings. The molecule has 0 aliphatic carbocycles. The zero-order valence-electron chi connectivity index (χ0n) is 9.28. The lowest BCUT2D eigenvalue weighted by Crippen LogP contribution is -2.02. The summed E-state index contributed by atoms with van der Waals surface area (Å²) in [4.78, 5) is 0.